The topological polar surface area (TPSA) is 51.0 Å². The van der Waals surface area contributed by atoms with E-state index in [1.165, 1.54) is 37.7 Å². The number of fused-ring (bicyclic) bond motifs is 10. The van der Waals surface area contributed by atoms with Crippen LogP contribution >= 0.6 is 0 Å². The van der Waals surface area contributed by atoms with Crippen LogP contribution in [0.5, 0.6) is 0 Å². The summed E-state index contributed by atoms with van der Waals surface area (Å²) in [6.07, 6.45) is 9.25. The van der Waals surface area contributed by atoms with Crippen LogP contribution in [0, 0.1) is 0 Å². The molecular formula is C51H36N4. The zero-order valence-electron chi connectivity index (χ0n) is 30.4. The maximum atomic E-state index is 5.25. The fourth-order valence-electron chi connectivity index (χ4n) is 7.59. The third kappa shape index (κ3) is 6.40. The fourth-order valence-corrected chi connectivity index (χ4v) is 7.59. The quantitative estimate of drug-likeness (QED) is 0.128. The lowest BCUT2D eigenvalue weighted by molar-refractivity contribution is 1.18. The zero-order chi connectivity index (χ0) is 37.1. The second-order valence-corrected chi connectivity index (χ2v) is 13.6. The van der Waals surface area contributed by atoms with Crippen molar-refractivity contribution in [3.63, 3.8) is 0 Å². The molecule has 4 nitrogen and oxygen atoms in total. The Morgan fingerprint density at radius 1 is 0.491 bits per heavy atom. The van der Waals surface area contributed by atoms with Crippen molar-refractivity contribution >= 4 is 66.2 Å². The smallest absolute Gasteiger partial charge is 0.160 e. The summed E-state index contributed by atoms with van der Waals surface area (Å²) >= 11 is 0. The molecule has 0 saturated heterocycles. The Bertz CT molecular complexity index is 2980. The van der Waals surface area contributed by atoms with E-state index in [2.05, 4.69) is 169 Å². The normalized spacial score (nSPS) is 11.8. The number of benzene rings is 6. The highest BCUT2D eigenvalue weighted by atomic mass is 14.9. The zero-order valence-corrected chi connectivity index (χ0v) is 30.4. The van der Waals surface area contributed by atoms with E-state index in [9.17, 15) is 0 Å². The van der Waals surface area contributed by atoms with Crippen molar-refractivity contribution in [2.45, 2.75) is 6.92 Å². The lowest BCUT2D eigenvalue weighted by Crippen LogP contribution is -1.96. The Kier molecular flexibility index (Phi) is 8.91. The lowest BCUT2D eigenvalue weighted by Gasteiger charge is -2.12. The molecule has 0 aliphatic rings. The van der Waals surface area contributed by atoms with Gasteiger partial charge in [-0.25, -0.2) is 9.97 Å². The number of aromatic nitrogens is 3. The van der Waals surface area contributed by atoms with Gasteiger partial charge in [-0.1, -0.05) is 140 Å². The molecule has 0 unspecified atom stereocenters. The van der Waals surface area contributed by atoms with E-state index >= 15 is 0 Å². The Labute approximate surface area is 319 Å². The average Bonchev–Trinajstić information content (AvgIpc) is 3.26. The highest BCUT2D eigenvalue weighted by molar-refractivity contribution is 6.26. The number of aliphatic imine (C=N–C) groups is 1. The third-order valence-electron chi connectivity index (χ3n) is 10.3. The summed E-state index contributed by atoms with van der Waals surface area (Å²) in [7, 11) is 0. The van der Waals surface area contributed by atoms with Gasteiger partial charge in [0, 0.05) is 35.3 Å². The Morgan fingerprint density at radius 2 is 0.964 bits per heavy atom. The molecule has 0 aliphatic heterocycles. The van der Waals surface area contributed by atoms with Gasteiger partial charge < -0.3 is 0 Å². The first-order valence-electron chi connectivity index (χ1n) is 18.4. The molecule has 0 spiro atoms. The lowest BCUT2D eigenvalue weighted by atomic mass is 9.93. The number of allylic oxidation sites excluding steroid dienone is 3. The van der Waals surface area contributed by atoms with Crippen molar-refractivity contribution in [1.29, 1.82) is 0 Å². The van der Waals surface area contributed by atoms with Crippen LogP contribution in [0.25, 0.3) is 93.3 Å². The van der Waals surface area contributed by atoms with Crippen LogP contribution in [0.15, 0.2) is 193 Å². The van der Waals surface area contributed by atoms with Crippen molar-refractivity contribution in [2.75, 3.05) is 0 Å². The first kappa shape index (κ1) is 33.5. The standard InChI is InChI=1S/C51H36N4/c1-34(13-11-29-52-2)35-23-25-36(26-24-35)49-32-50(38-14-12-30-53-33-38)55-51(54-49)37-27-28-47-45-21-8-7-19-43(45)41-17-4-3-15-39(41)40-16-5-6-18-42(40)44-20-9-10-22-46(44)48(47)31-37/h3-33H,2H2,1H3/b29-11-,34-13+,40-39?,43-41?,44-42?,47-45?,48-46?. The summed E-state index contributed by atoms with van der Waals surface area (Å²) in [4.78, 5) is 18.7. The van der Waals surface area contributed by atoms with Gasteiger partial charge in [-0.15, -0.1) is 0 Å². The van der Waals surface area contributed by atoms with E-state index in [1.54, 1.807) is 12.4 Å². The minimum atomic E-state index is 0.648. The van der Waals surface area contributed by atoms with Gasteiger partial charge in [0.2, 0.25) is 0 Å². The summed E-state index contributed by atoms with van der Waals surface area (Å²) in [5.41, 5.74) is 6.76. The van der Waals surface area contributed by atoms with Crippen LogP contribution in [0.3, 0.4) is 0 Å². The first-order chi connectivity index (χ1) is 27.2. The molecule has 0 amide bonds. The summed E-state index contributed by atoms with van der Waals surface area (Å²) in [5.74, 6) is 0.648. The average molecular weight is 705 g/mol. The minimum Gasteiger partial charge on any atom is -0.273 e. The molecule has 4 heteroatoms. The molecule has 2 aromatic heterocycles. The molecule has 0 saturated carbocycles. The van der Waals surface area contributed by atoms with Crippen molar-refractivity contribution in [3.8, 4) is 33.9 Å². The minimum absolute atomic E-state index is 0.648. The SMILES string of the molecule is C=N/C=C\C=C(/C)c1ccc(-c2cc(-c3cccnc3)nc(-c3ccc4c5ccccc5c5ccccc5c5ccccc5c5ccccc5c4c3)n2)cc1. The molecule has 0 N–H and O–H groups in total. The van der Waals surface area contributed by atoms with Gasteiger partial charge in [-0.3, -0.25) is 9.98 Å². The van der Waals surface area contributed by atoms with Crippen molar-refractivity contribution < 1.29 is 0 Å². The van der Waals surface area contributed by atoms with E-state index in [0.717, 1.165) is 55.4 Å². The summed E-state index contributed by atoms with van der Waals surface area (Å²) in [6, 6.07) is 56.2. The van der Waals surface area contributed by atoms with Crippen LogP contribution in [-0.2, 0) is 0 Å². The summed E-state index contributed by atoms with van der Waals surface area (Å²) in [5, 5.41) is 11.8. The predicted octanol–water partition coefficient (Wildman–Crippen LogP) is 13.4. The molecule has 0 bridgehead atoms. The molecule has 9 rings (SSSR count). The molecule has 0 aliphatic carbocycles. The first-order valence-corrected chi connectivity index (χ1v) is 18.4. The van der Waals surface area contributed by atoms with Gasteiger partial charge in [0.15, 0.2) is 5.82 Å². The summed E-state index contributed by atoms with van der Waals surface area (Å²) in [6.45, 7) is 5.61. The number of nitrogens with zero attached hydrogens (tertiary/aromatic N) is 4. The van der Waals surface area contributed by atoms with E-state index in [1.807, 2.05) is 30.5 Å². The fraction of sp³-hybridized carbons (Fsp3) is 0.0196. The summed E-state index contributed by atoms with van der Waals surface area (Å²) < 4.78 is 0. The van der Waals surface area contributed by atoms with Gasteiger partial charge in [0.25, 0.3) is 0 Å². The number of hydrogen-bond acceptors (Lipinski definition) is 4. The number of rotatable bonds is 6. The van der Waals surface area contributed by atoms with Crippen LogP contribution in [0.2, 0.25) is 0 Å². The maximum absolute atomic E-state index is 5.25. The van der Waals surface area contributed by atoms with E-state index < -0.39 is 0 Å². The van der Waals surface area contributed by atoms with E-state index in [4.69, 9.17) is 9.97 Å². The second kappa shape index (κ2) is 14.6. The van der Waals surface area contributed by atoms with Crippen molar-refractivity contribution in [2.24, 2.45) is 4.99 Å². The molecule has 0 radical (unpaired) electrons. The maximum Gasteiger partial charge on any atom is 0.160 e. The largest absolute Gasteiger partial charge is 0.273 e. The Hall–Kier alpha value is -7.30. The van der Waals surface area contributed by atoms with Crippen LogP contribution in [0.4, 0.5) is 0 Å². The number of hydrogen-bond donors (Lipinski definition) is 0. The molecular weight excluding hydrogens is 669 g/mol. The van der Waals surface area contributed by atoms with Crippen molar-refractivity contribution in [3.05, 3.63) is 194 Å². The highest BCUT2D eigenvalue weighted by Crippen LogP contribution is 2.37. The molecule has 0 fully saturated rings. The van der Waals surface area contributed by atoms with E-state index in [-0.39, 0.29) is 0 Å². The van der Waals surface area contributed by atoms with Crippen molar-refractivity contribution in [1.82, 2.24) is 15.0 Å². The Balaban J connectivity index is 1.34. The van der Waals surface area contributed by atoms with Gasteiger partial charge in [0.1, 0.15) is 0 Å². The van der Waals surface area contributed by atoms with E-state index in [0.29, 0.717) is 5.82 Å². The monoisotopic (exact) mass is 704 g/mol. The van der Waals surface area contributed by atoms with Gasteiger partial charge in [0.05, 0.1) is 11.4 Å². The van der Waals surface area contributed by atoms with Gasteiger partial charge >= 0.3 is 0 Å². The molecule has 9 aromatic rings. The van der Waals surface area contributed by atoms with Gasteiger partial charge in [-0.05, 0) is 109 Å². The number of pyridine rings is 1. The molecule has 2 heterocycles. The van der Waals surface area contributed by atoms with Crippen LogP contribution in [0.1, 0.15) is 12.5 Å². The molecule has 55 heavy (non-hydrogen) atoms. The van der Waals surface area contributed by atoms with Crippen LogP contribution in [-0.4, -0.2) is 21.7 Å². The predicted molar refractivity (Wildman–Crippen MR) is 234 cm³/mol. The second-order valence-electron chi connectivity index (χ2n) is 13.6. The Morgan fingerprint density at radius 3 is 1.45 bits per heavy atom. The third-order valence-corrected chi connectivity index (χ3v) is 10.3. The molecule has 0 atom stereocenters. The molecule has 260 valence electrons. The van der Waals surface area contributed by atoms with Gasteiger partial charge in [-0.2, -0.15) is 0 Å². The highest BCUT2D eigenvalue weighted by Gasteiger charge is 2.14. The van der Waals surface area contributed by atoms with Crippen LogP contribution < -0.4 is 0 Å². The molecule has 7 aromatic carbocycles.